The Kier molecular flexibility index (Phi) is 7.01. The minimum Gasteiger partial charge on any atom is -0.395 e. The van der Waals surface area contributed by atoms with Crippen molar-refractivity contribution in [2.45, 2.75) is 26.2 Å². The summed E-state index contributed by atoms with van der Waals surface area (Å²) in [6, 6.07) is 0.253. The number of unbranched alkanes of at least 4 members (excludes halogenated alkanes) is 2. The van der Waals surface area contributed by atoms with Crippen LogP contribution in [0.25, 0.3) is 0 Å². The normalized spacial score (nSPS) is 10.5. The van der Waals surface area contributed by atoms with Gasteiger partial charge in [-0.25, -0.2) is 18.0 Å². The van der Waals surface area contributed by atoms with Crippen molar-refractivity contribution in [3.05, 3.63) is 29.6 Å². The van der Waals surface area contributed by atoms with Gasteiger partial charge >= 0.3 is 6.03 Å². The van der Waals surface area contributed by atoms with Gasteiger partial charge in [-0.2, -0.15) is 0 Å². The maximum atomic E-state index is 13.5. The van der Waals surface area contributed by atoms with E-state index in [4.69, 9.17) is 5.11 Å². The van der Waals surface area contributed by atoms with E-state index in [0.29, 0.717) is 18.7 Å². The van der Waals surface area contributed by atoms with Crippen LogP contribution in [-0.4, -0.2) is 35.7 Å². The molecule has 0 radical (unpaired) electrons. The quantitative estimate of drug-likeness (QED) is 0.760. The number of carbonyl (C=O) groups excluding carboxylic acids is 1. The molecule has 0 aromatic heterocycles. The second-order valence-electron chi connectivity index (χ2n) is 4.59. The molecule has 0 unspecified atom stereocenters. The molecule has 0 aliphatic rings. The molecule has 1 rings (SSSR count). The molecule has 0 spiro atoms. The highest BCUT2D eigenvalue weighted by molar-refractivity contribution is 5.89. The molecule has 1 aromatic rings. The van der Waals surface area contributed by atoms with Crippen LogP contribution in [0.3, 0.4) is 0 Å². The van der Waals surface area contributed by atoms with Crippen molar-refractivity contribution < 1.29 is 23.1 Å². The number of aliphatic hydroxyl groups excluding tert-OH is 1. The molecule has 118 valence electrons. The van der Waals surface area contributed by atoms with E-state index < -0.39 is 29.2 Å². The van der Waals surface area contributed by atoms with E-state index in [1.807, 2.05) is 6.92 Å². The van der Waals surface area contributed by atoms with E-state index in [2.05, 4.69) is 5.32 Å². The summed E-state index contributed by atoms with van der Waals surface area (Å²) in [6.07, 6.45) is 2.57. The zero-order valence-corrected chi connectivity index (χ0v) is 11.8. The van der Waals surface area contributed by atoms with Crippen molar-refractivity contribution in [3.63, 3.8) is 0 Å². The Balaban J connectivity index is 2.76. The third kappa shape index (κ3) is 5.26. The van der Waals surface area contributed by atoms with Gasteiger partial charge in [-0.3, -0.25) is 0 Å². The second kappa shape index (κ2) is 8.51. The number of aliphatic hydroxyl groups is 1. The van der Waals surface area contributed by atoms with E-state index in [1.54, 1.807) is 0 Å². The first-order valence-corrected chi connectivity index (χ1v) is 6.81. The maximum absolute atomic E-state index is 13.5. The molecular formula is C14H19F3N2O2. The lowest BCUT2D eigenvalue weighted by atomic mass is 10.2. The molecular weight excluding hydrogens is 285 g/mol. The van der Waals surface area contributed by atoms with Gasteiger partial charge in [0.25, 0.3) is 0 Å². The number of hydrogen-bond acceptors (Lipinski definition) is 2. The molecule has 0 heterocycles. The molecule has 0 saturated heterocycles. The largest absolute Gasteiger partial charge is 0.395 e. The lowest BCUT2D eigenvalue weighted by molar-refractivity contribution is 0.187. The summed E-state index contributed by atoms with van der Waals surface area (Å²) in [5, 5.41) is 11.0. The summed E-state index contributed by atoms with van der Waals surface area (Å²) in [6.45, 7) is 2.16. The minimum atomic E-state index is -1.18. The molecule has 2 amide bonds. The van der Waals surface area contributed by atoms with Gasteiger partial charge in [0.05, 0.1) is 6.61 Å². The minimum absolute atomic E-state index is 0.0555. The molecule has 0 aliphatic heterocycles. The fourth-order valence-corrected chi connectivity index (χ4v) is 1.84. The van der Waals surface area contributed by atoms with Crippen molar-refractivity contribution in [3.8, 4) is 0 Å². The molecule has 1 aromatic carbocycles. The molecule has 0 aliphatic carbocycles. The molecule has 0 fully saturated rings. The molecule has 0 saturated carbocycles. The van der Waals surface area contributed by atoms with Gasteiger partial charge in [0.2, 0.25) is 0 Å². The molecule has 7 heteroatoms. The Morgan fingerprint density at radius 3 is 2.33 bits per heavy atom. The van der Waals surface area contributed by atoms with E-state index in [-0.39, 0.29) is 13.2 Å². The molecule has 0 bridgehead atoms. The van der Waals surface area contributed by atoms with Crippen LogP contribution >= 0.6 is 0 Å². The number of nitrogens with one attached hydrogen (secondary N) is 1. The Hall–Kier alpha value is -1.76. The van der Waals surface area contributed by atoms with Crippen LogP contribution in [-0.2, 0) is 0 Å². The fourth-order valence-electron chi connectivity index (χ4n) is 1.84. The number of rotatable bonds is 7. The first-order valence-electron chi connectivity index (χ1n) is 6.81. The maximum Gasteiger partial charge on any atom is 0.322 e. The van der Waals surface area contributed by atoms with Crippen molar-refractivity contribution >= 4 is 11.7 Å². The molecule has 21 heavy (non-hydrogen) atoms. The van der Waals surface area contributed by atoms with Crippen LogP contribution in [0.15, 0.2) is 12.1 Å². The Bertz CT molecular complexity index is 460. The standard InChI is InChI=1S/C14H19F3N2O2/c1-2-3-4-5-19(6-7-20)14(21)18-13-11(16)8-10(15)9-12(13)17/h8-9,20H,2-7H2,1H3,(H,18,21). The van der Waals surface area contributed by atoms with Crippen LogP contribution in [0.2, 0.25) is 0 Å². The van der Waals surface area contributed by atoms with Gasteiger partial charge in [0.15, 0.2) is 11.6 Å². The fraction of sp³-hybridized carbons (Fsp3) is 0.500. The van der Waals surface area contributed by atoms with Crippen LogP contribution in [0.4, 0.5) is 23.7 Å². The van der Waals surface area contributed by atoms with E-state index in [0.717, 1.165) is 19.3 Å². The average molecular weight is 304 g/mol. The predicted octanol–water partition coefficient (Wildman–Crippen LogP) is 3.12. The van der Waals surface area contributed by atoms with Gasteiger partial charge in [-0.1, -0.05) is 19.8 Å². The average Bonchev–Trinajstić information content (AvgIpc) is 2.41. The van der Waals surface area contributed by atoms with E-state index in [1.165, 1.54) is 4.90 Å². The lowest BCUT2D eigenvalue weighted by Crippen LogP contribution is -2.38. The molecule has 4 nitrogen and oxygen atoms in total. The van der Waals surface area contributed by atoms with Crippen molar-refractivity contribution in [1.29, 1.82) is 0 Å². The summed E-state index contributed by atoms with van der Waals surface area (Å²) >= 11 is 0. The summed E-state index contributed by atoms with van der Waals surface area (Å²) in [5.74, 6) is -3.42. The first-order chi connectivity index (χ1) is 9.99. The monoisotopic (exact) mass is 304 g/mol. The van der Waals surface area contributed by atoms with Crippen LogP contribution < -0.4 is 5.32 Å². The Morgan fingerprint density at radius 2 is 1.81 bits per heavy atom. The number of amides is 2. The smallest absolute Gasteiger partial charge is 0.322 e. The summed E-state index contributed by atoms with van der Waals surface area (Å²) in [7, 11) is 0. The first kappa shape index (κ1) is 17.3. The van der Waals surface area contributed by atoms with Crippen molar-refractivity contribution in [1.82, 2.24) is 4.90 Å². The number of hydrogen-bond donors (Lipinski definition) is 2. The topological polar surface area (TPSA) is 52.6 Å². The van der Waals surface area contributed by atoms with Crippen molar-refractivity contribution in [2.24, 2.45) is 0 Å². The van der Waals surface area contributed by atoms with Gasteiger partial charge < -0.3 is 15.3 Å². The van der Waals surface area contributed by atoms with Gasteiger partial charge in [-0.15, -0.1) is 0 Å². The lowest BCUT2D eigenvalue weighted by Gasteiger charge is -2.22. The van der Waals surface area contributed by atoms with E-state index >= 15 is 0 Å². The van der Waals surface area contributed by atoms with Gasteiger partial charge in [0.1, 0.15) is 11.5 Å². The number of benzene rings is 1. The highest BCUT2D eigenvalue weighted by Gasteiger charge is 2.18. The number of nitrogens with zero attached hydrogens (tertiary/aromatic N) is 1. The third-order valence-electron chi connectivity index (χ3n) is 2.93. The predicted molar refractivity (Wildman–Crippen MR) is 73.5 cm³/mol. The Labute approximate surface area is 121 Å². The van der Waals surface area contributed by atoms with E-state index in [9.17, 15) is 18.0 Å². The van der Waals surface area contributed by atoms with Crippen LogP contribution in [0.5, 0.6) is 0 Å². The summed E-state index contributed by atoms with van der Waals surface area (Å²) in [4.78, 5) is 13.2. The third-order valence-corrected chi connectivity index (χ3v) is 2.93. The van der Waals surface area contributed by atoms with Crippen LogP contribution in [0, 0.1) is 17.5 Å². The van der Waals surface area contributed by atoms with Crippen LogP contribution in [0.1, 0.15) is 26.2 Å². The van der Waals surface area contributed by atoms with Gasteiger partial charge in [0, 0.05) is 25.2 Å². The Morgan fingerprint density at radius 1 is 1.19 bits per heavy atom. The molecule has 2 N–H and O–H groups in total. The summed E-state index contributed by atoms with van der Waals surface area (Å²) in [5.41, 5.74) is -0.695. The SMILES string of the molecule is CCCCCN(CCO)C(=O)Nc1c(F)cc(F)cc1F. The zero-order valence-electron chi connectivity index (χ0n) is 11.8. The summed E-state index contributed by atoms with van der Waals surface area (Å²) < 4.78 is 39.7. The van der Waals surface area contributed by atoms with Crippen molar-refractivity contribution in [2.75, 3.05) is 25.0 Å². The number of urea groups is 1. The second-order valence-corrected chi connectivity index (χ2v) is 4.59. The highest BCUT2D eigenvalue weighted by atomic mass is 19.1. The van der Waals surface area contributed by atoms with Gasteiger partial charge in [-0.05, 0) is 6.42 Å². The zero-order chi connectivity index (χ0) is 15.8. The molecule has 0 atom stereocenters. The number of anilines is 1. The number of halogens is 3. The number of carbonyl (C=O) groups is 1. The highest BCUT2D eigenvalue weighted by Crippen LogP contribution is 2.20.